The summed E-state index contributed by atoms with van der Waals surface area (Å²) in [4.78, 5) is 48.9. The summed E-state index contributed by atoms with van der Waals surface area (Å²) in [6.07, 6.45) is 1.50. The lowest BCUT2D eigenvalue weighted by molar-refractivity contribution is -0.384. The fraction of sp³-hybridized carbons (Fsp3) is 0.115. The minimum Gasteiger partial charge on any atom is -0.493 e. The zero-order valence-electron chi connectivity index (χ0n) is 19.9. The summed E-state index contributed by atoms with van der Waals surface area (Å²) < 4.78 is 24.2. The third kappa shape index (κ3) is 6.34. The van der Waals surface area contributed by atoms with Gasteiger partial charge in [-0.2, -0.15) is 0 Å². The number of nitro benzene ring substituents is 1. The van der Waals surface area contributed by atoms with Crippen LogP contribution in [0.2, 0.25) is 0 Å². The van der Waals surface area contributed by atoms with Crippen molar-refractivity contribution in [1.82, 2.24) is 4.90 Å². The second-order valence-electron chi connectivity index (χ2n) is 7.95. The van der Waals surface area contributed by atoms with Crippen molar-refractivity contribution in [3.05, 3.63) is 98.7 Å². The number of carbonyl (C=O) groups is 3. The maximum atomic E-state index is 13.0. The fourth-order valence-corrected chi connectivity index (χ4v) is 4.32. The lowest BCUT2D eigenvalue weighted by Crippen LogP contribution is -2.36. The largest absolute Gasteiger partial charge is 0.493 e. The fourth-order valence-electron chi connectivity index (χ4n) is 3.48. The number of rotatable bonds is 9. The van der Waals surface area contributed by atoms with E-state index in [0.29, 0.717) is 40.1 Å². The van der Waals surface area contributed by atoms with E-state index in [-0.39, 0.29) is 17.2 Å². The standard InChI is InChI=1S/C26H20FN3O7S/c1-36-22-12-16(5-10-21(22)37-15-17-3-2-4-20(11-17)30(34)35)13-23-25(32)29(26(33)38-23)14-24(31)28-19-8-6-18(27)7-9-19/h2-13H,14-15H2,1H3,(H,28,31)/b23-13+. The minimum atomic E-state index is -0.626. The van der Waals surface area contributed by atoms with Crippen molar-refractivity contribution >= 4 is 46.3 Å². The normalized spacial score (nSPS) is 14.1. The molecule has 0 bridgehead atoms. The van der Waals surface area contributed by atoms with E-state index in [1.807, 2.05) is 0 Å². The molecule has 1 N–H and O–H groups in total. The first kappa shape index (κ1) is 26.4. The van der Waals surface area contributed by atoms with Crippen LogP contribution in [-0.4, -0.2) is 40.5 Å². The molecular formula is C26H20FN3O7S. The molecule has 0 saturated carbocycles. The molecule has 1 fully saturated rings. The van der Waals surface area contributed by atoms with E-state index in [1.54, 1.807) is 30.3 Å². The lowest BCUT2D eigenvalue weighted by atomic mass is 10.1. The molecule has 4 rings (SSSR count). The Hall–Kier alpha value is -4.71. The van der Waals surface area contributed by atoms with Gasteiger partial charge in [0.25, 0.3) is 16.8 Å². The first-order chi connectivity index (χ1) is 18.2. The molecule has 0 spiro atoms. The van der Waals surface area contributed by atoms with Gasteiger partial charge >= 0.3 is 0 Å². The number of non-ortho nitro benzene ring substituents is 1. The van der Waals surface area contributed by atoms with Gasteiger partial charge in [-0.15, -0.1) is 0 Å². The van der Waals surface area contributed by atoms with E-state index in [9.17, 15) is 28.9 Å². The highest BCUT2D eigenvalue weighted by Gasteiger charge is 2.36. The smallest absolute Gasteiger partial charge is 0.294 e. The number of thioether (sulfide) groups is 1. The number of ether oxygens (including phenoxy) is 2. The third-order valence-electron chi connectivity index (χ3n) is 5.30. The van der Waals surface area contributed by atoms with E-state index in [0.717, 1.165) is 4.90 Å². The minimum absolute atomic E-state index is 0.0460. The molecule has 194 valence electrons. The Morgan fingerprint density at radius 2 is 1.87 bits per heavy atom. The van der Waals surface area contributed by atoms with Gasteiger partial charge in [0.1, 0.15) is 19.0 Å². The molecule has 0 radical (unpaired) electrons. The van der Waals surface area contributed by atoms with E-state index >= 15 is 0 Å². The summed E-state index contributed by atoms with van der Waals surface area (Å²) >= 11 is 0.698. The van der Waals surface area contributed by atoms with Crippen LogP contribution in [0.25, 0.3) is 6.08 Å². The molecule has 3 amide bonds. The molecule has 12 heteroatoms. The Bertz CT molecular complexity index is 1440. The number of nitrogens with zero attached hydrogens (tertiary/aromatic N) is 2. The van der Waals surface area contributed by atoms with Gasteiger partial charge < -0.3 is 14.8 Å². The van der Waals surface area contributed by atoms with Gasteiger partial charge in [0.05, 0.1) is 16.9 Å². The van der Waals surface area contributed by atoms with E-state index in [1.165, 1.54) is 49.6 Å². The van der Waals surface area contributed by atoms with Gasteiger partial charge in [0, 0.05) is 17.8 Å². The highest BCUT2D eigenvalue weighted by molar-refractivity contribution is 8.18. The molecular weight excluding hydrogens is 517 g/mol. The number of nitrogens with one attached hydrogen (secondary N) is 1. The zero-order valence-corrected chi connectivity index (χ0v) is 20.7. The van der Waals surface area contributed by atoms with Gasteiger partial charge in [-0.1, -0.05) is 18.2 Å². The van der Waals surface area contributed by atoms with Crippen LogP contribution in [0.15, 0.2) is 71.6 Å². The zero-order chi connectivity index (χ0) is 27.2. The van der Waals surface area contributed by atoms with Crippen molar-refractivity contribution < 1.29 is 33.2 Å². The Kier molecular flexibility index (Phi) is 8.02. The number of hydrogen-bond acceptors (Lipinski definition) is 8. The molecule has 1 aliphatic heterocycles. The molecule has 1 aliphatic rings. The molecule has 38 heavy (non-hydrogen) atoms. The first-order valence-corrected chi connectivity index (χ1v) is 11.9. The molecule has 0 atom stereocenters. The molecule has 0 aliphatic carbocycles. The summed E-state index contributed by atoms with van der Waals surface area (Å²) in [6.45, 7) is -0.427. The van der Waals surface area contributed by atoms with Crippen molar-refractivity contribution in [1.29, 1.82) is 0 Å². The molecule has 3 aromatic rings. The lowest BCUT2D eigenvalue weighted by Gasteiger charge is -2.12. The molecule has 1 heterocycles. The summed E-state index contributed by atoms with van der Waals surface area (Å²) in [7, 11) is 1.44. The molecule has 10 nitrogen and oxygen atoms in total. The van der Waals surface area contributed by atoms with E-state index < -0.39 is 34.3 Å². The summed E-state index contributed by atoms with van der Waals surface area (Å²) in [6, 6.07) is 16.0. The van der Waals surface area contributed by atoms with Crippen LogP contribution in [0.5, 0.6) is 11.5 Å². The monoisotopic (exact) mass is 537 g/mol. The van der Waals surface area contributed by atoms with Crippen LogP contribution >= 0.6 is 11.8 Å². The van der Waals surface area contributed by atoms with Gasteiger partial charge in [-0.25, -0.2) is 4.39 Å². The number of carbonyl (C=O) groups excluding carboxylic acids is 3. The van der Waals surface area contributed by atoms with Crippen molar-refractivity contribution in [2.45, 2.75) is 6.61 Å². The van der Waals surface area contributed by atoms with Crippen molar-refractivity contribution in [2.75, 3.05) is 19.0 Å². The van der Waals surface area contributed by atoms with E-state index in [4.69, 9.17) is 9.47 Å². The third-order valence-corrected chi connectivity index (χ3v) is 6.21. The van der Waals surface area contributed by atoms with E-state index in [2.05, 4.69) is 5.32 Å². The first-order valence-electron chi connectivity index (χ1n) is 11.1. The number of amides is 3. The molecule has 0 unspecified atom stereocenters. The summed E-state index contributed by atoms with van der Waals surface area (Å²) in [5.41, 5.74) is 1.43. The average Bonchev–Trinajstić information content (AvgIpc) is 3.16. The second kappa shape index (κ2) is 11.6. The number of imide groups is 1. The van der Waals surface area contributed by atoms with Crippen LogP contribution in [0, 0.1) is 15.9 Å². The Morgan fingerprint density at radius 3 is 2.58 bits per heavy atom. The van der Waals surface area contributed by atoms with Crippen molar-refractivity contribution in [3.8, 4) is 11.5 Å². The Morgan fingerprint density at radius 1 is 1.11 bits per heavy atom. The molecule has 0 aromatic heterocycles. The van der Waals surface area contributed by atoms with Gasteiger partial charge in [-0.3, -0.25) is 29.4 Å². The van der Waals surface area contributed by atoms with Gasteiger partial charge in [0.15, 0.2) is 11.5 Å². The number of benzene rings is 3. The maximum Gasteiger partial charge on any atom is 0.294 e. The quantitative estimate of drug-likeness (QED) is 0.230. The molecule has 1 saturated heterocycles. The predicted octanol–water partition coefficient (Wildman–Crippen LogP) is 5.00. The highest BCUT2D eigenvalue weighted by Crippen LogP contribution is 2.35. The predicted molar refractivity (Wildman–Crippen MR) is 138 cm³/mol. The molecule has 3 aromatic carbocycles. The van der Waals surface area contributed by atoms with Gasteiger partial charge in [0.2, 0.25) is 5.91 Å². The average molecular weight is 538 g/mol. The van der Waals surface area contributed by atoms with Crippen LogP contribution < -0.4 is 14.8 Å². The van der Waals surface area contributed by atoms with Crippen LogP contribution in [0.3, 0.4) is 0 Å². The second-order valence-corrected chi connectivity index (χ2v) is 8.94. The van der Waals surface area contributed by atoms with Crippen LogP contribution in [0.1, 0.15) is 11.1 Å². The summed E-state index contributed by atoms with van der Waals surface area (Å²) in [5.74, 6) is -0.965. The maximum absolute atomic E-state index is 13.0. The topological polar surface area (TPSA) is 128 Å². The van der Waals surface area contributed by atoms with Crippen molar-refractivity contribution in [3.63, 3.8) is 0 Å². The summed E-state index contributed by atoms with van der Waals surface area (Å²) in [5, 5.41) is 12.9. The van der Waals surface area contributed by atoms with Crippen LogP contribution in [-0.2, 0) is 16.2 Å². The number of methoxy groups -OCH3 is 1. The highest BCUT2D eigenvalue weighted by atomic mass is 32.2. The number of hydrogen-bond donors (Lipinski definition) is 1. The Balaban J connectivity index is 1.42. The number of nitro groups is 1. The van der Waals surface area contributed by atoms with Crippen LogP contribution in [0.4, 0.5) is 20.6 Å². The Labute approximate surface area is 220 Å². The van der Waals surface area contributed by atoms with Crippen molar-refractivity contribution in [2.24, 2.45) is 0 Å². The number of anilines is 1. The number of halogens is 1. The SMILES string of the molecule is COc1cc(/C=C2/SC(=O)N(CC(=O)Nc3ccc(F)cc3)C2=O)ccc1OCc1cccc([N+](=O)[O-])c1. The van der Waals surface area contributed by atoms with Gasteiger partial charge in [-0.05, 0) is 65.4 Å².